The maximum atomic E-state index is 6.22. The molecule has 0 aromatic heterocycles. The molecule has 3 nitrogen and oxygen atoms in total. The number of methoxy groups -OCH3 is 2. The van der Waals surface area contributed by atoms with Gasteiger partial charge in [0.1, 0.15) is 0 Å². The zero-order chi connectivity index (χ0) is 15.1. The van der Waals surface area contributed by atoms with Crippen LogP contribution in [0.25, 0.3) is 0 Å². The Morgan fingerprint density at radius 1 is 0.952 bits per heavy atom. The zero-order valence-electron chi connectivity index (χ0n) is 12.7. The van der Waals surface area contributed by atoms with E-state index in [0.717, 1.165) is 30.8 Å². The lowest BCUT2D eigenvalue weighted by atomic mass is 10.00. The van der Waals surface area contributed by atoms with E-state index in [4.69, 9.17) is 15.2 Å². The van der Waals surface area contributed by atoms with Crippen molar-refractivity contribution in [1.29, 1.82) is 0 Å². The fourth-order valence-electron chi connectivity index (χ4n) is 2.43. The van der Waals surface area contributed by atoms with Crippen LogP contribution in [0.2, 0.25) is 0 Å². The van der Waals surface area contributed by atoms with Gasteiger partial charge in [0.05, 0.1) is 14.2 Å². The summed E-state index contributed by atoms with van der Waals surface area (Å²) in [5.41, 5.74) is 8.66. The van der Waals surface area contributed by atoms with Crippen LogP contribution in [0.3, 0.4) is 0 Å². The van der Waals surface area contributed by atoms with E-state index >= 15 is 0 Å². The van der Waals surface area contributed by atoms with Crippen molar-refractivity contribution >= 4 is 0 Å². The molecule has 0 heterocycles. The highest BCUT2D eigenvalue weighted by atomic mass is 16.5. The highest BCUT2D eigenvalue weighted by Crippen LogP contribution is 2.28. The minimum Gasteiger partial charge on any atom is -0.493 e. The zero-order valence-corrected chi connectivity index (χ0v) is 12.7. The molecule has 0 spiro atoms. The molecule has 2 N–H and O–H groups in total. The molecule has 0 radical (unpaired) electrons. The van der Waals surface area contributed by atoms with Gasteiger partial charge in [-0.15, -0.1) is 0 Å². The van der Waals surface area contributed by atoms with Crippen molar-refractivity contribution in [2.75, 3.05) is 14.2 Å². The van der Waals surface area contributed by atoms with Crippen molar-refractivity contribution in [2.24, 2.45) is 5.73 Å². The van der Waals surface area contributed by atoms with Gasteiger partial charge >= 0.3 is 0 Å². The summed E-state index contributed by atoms with van der Waals surface area (Å²) in [6.07, 6.45) is 3.00. The van der Waals surface area contributed by atoms with E-state index in [-0.39, 0.29) is 6.04 Å². The van der Waals surface area contributed by atoms with Gasteiger partial charge < -0.3 is 15.2 Å². The summed E-state index contributed by atoms with van der Waals surface area (Å²) in [6.45, 7) is 0. The summed E-state index contributed by atoms with van der Waals surface area (Å²) in [5, 5.41) is 0. The molecule has 2 aromatic rings. The lowest BCUT2D eigenvalue weighted by molar-refractivity contribution is 0.354. The van der Waals surface area contributed by atoms with Gasteiger partial charge in [-0.2, -0.15) is 0 Å². The number of hydrogen-bond donors (Lipinski definition) is 1. The van der Waals surface area contributed by atoms with E-state index in [1.807, 2.05) is 30.3 Å². The Hall–Kier alpha value is -2.00. The van der Waals surface area contributed by atoms with E-state index in [1.54, 1.807) is 14.2 Å². The molecule has 0 fully saturated rings. The minimum absolute atomic E-state index is 0.103. The van der Waals surface area contributed by atoms with E-state index in [2.05, 4.69) is 18.2 Å². The van der Waals surface area contributed by atoms with Crippen LogP contribution in [0, 0.1) is 0 Å². The summed E-state index contributed by atoms with van der Waals surface area (Å²) in [5.74, 6) is 1.55. The molecule has 0 saturated heterocycles. The summed E-state index contributed by atoms with van der Waals surface area (Å²) in [7, 11) is 3.31. The van der Waals surface area contributed by atoms with Gasteiger partial charge in [0.15, 0.2) is 11.5 Å². The van der Waals surface area contributed by atoms with Crippen molar-refractivity contribution in [1.82, 2.24) is 0 Å². The fourth-order valence-corrected chi connectivity index (χ4v) is 2.43. The summed E-state index contributed by atoms with van der Waals surface area (Å²) < 4.78 is 10.6. The van der Waals surface area contributed by atoms with Crippen molar-refractivity contribution in [3.8, 4) is 11.5 Å². The normalized spacial score (nSPS) is 12.0. The van der Waals surface area contributed by atoms with E-state index in [1.165, 1.54) is 11.1 Å². The van der Waals surface area contributed by atoms with Crippen LogP contribution in [-0.2, 0) is 6.42 Å². The Labute approximate surface area is 126 Å². The van der Waals surface area contributed by atoms with Crippen molar-refractivity contribution in [2.45, 2.75) is 25.3 Å². The average molecular weight is 285 g/mol. The van der Waals surface area contributed by atoms with Gasteiger partial charge in [0, 0.05) is 6.04 Å². The first kappa shape index (κ1) is 15.4. The Morgan fingerprint density at radius 3 is 2.33 bits per heavy atom. The van der Waals surface area contributed by atoms with Gasteiger partial charge in [0.25, 0.3) is 0 Å². The van der Waals surface area contributed by atoms with Crippen LogP contribution in [0.5, 0.6) is 11.5 Å². The molecule has 112 valence electrons. The Morgan fingerprint density at radius 2 is 1.67 bits per heavy atom. The van der Waals surface area contributed by atoms with Crippen molar-refractivity contribution in [3.63, 3.8) is 0 Å². The Balaban J connectivity index is 1.89. The third kappa shape index (κ3) is 4.23. The maximum Gasteiger partial charge on any atom is 0.160 e. The van der Waals surface area contributed by atoms with Gasteiger partial charge in [-0.3, -0.25) is 0 Å². The van der Waals surface area contributed by atoms with Gasteiger partial charge in [-0.1, -0.05) is 36.4 Å². The first-order chi connectivity index (χ1) is 10.2. The molecular formula is C18H23NO2. The van der Waals surface area contributed by atoms with Gasteiger partial charge in [0.2, 0.25) is 0 Å². The highest BCUT2D eigenvalue weighted by molar-refractivity contribution is 5.42. The monoisotopic (exact) mass is 285 g/mol. The Kier molecular flexibility index (Phi) is 5.64. The molecule has 0 bridgehead atoms. The molecule has 21 heavy (non-hydrogen) atoms. The number of hydrogen-bond acceptors (Lipinski definition) is 3. The molecular weight excluding hydrogens is 262 g/mol. The van der Waals surface area contributed by atoms with E-state index in [0.29, 0.717) is 0 Å². The molecule has 0 saturated carbocycles. The van der Waals surface area contributed by atoms with E-state index < -0.39 is 0 Å². The molecule has 1 atom stereocenters. The molecule has 0 amide bonds. The molecule has 0 aliphatic heterocycles. The maximum absolute atomic E-state index is 6.22. The predicted octanol–water partition coefficient (Wildman–Crippen LogP) is 3.73. The third-order valence-electron chi connectivity index (χ3n) is 3.66. The second-order valence-corrected chi connectivity index (χ2v) is 5.10. The van der Waals surface area contributed by atoms with Crippen molar-refractivity contribution in [3.05, 3.63) is 59.7 Å². The third-order valence-corrected chi connectivity index (χ3v) is 3.66. The number of rotatable bonds is 7. The van der Waals surface area contributed by atoms with Gasteiger partial charge in [-0.05, 0) is 42.5 Å². The van der Waals surface area contributed by atoms with Crippen LogP contribution in [0.4, 0.5) is 0 Å². The lowest BCUT2D eigenvalue weighted by Gasteiger charge is -2.13. The first-order valence-corrected chi connectivity index (χ1v) is 7.26. The quantitative estimate of drug-likeness (QED) is 0.843. The number of benzene rings is 2. The highest BCUT2D eigenvalue weighted by Gasteiger charge is 2.07. The second-order valence-electron chi connectivity index (χ2n) is 5.10. The van der Waals surface area contributed by atoms with Crippen molar-refractivity contribution < 1.29 is 9.47 Å². The molecule has 3 heteroatoms. The van der Waals surface area contributed by atoms with Crippen LogP contribution >= 0.6 is 0 Å². The van der Waals surface area contributed by atoms with Crippen LogP contribution in [-0.4, -0.2) is 14.2 Å². The van der Waals surface area contributed by atoms with Gasteiger partial charge in [-0.25, -0.2) is 0 Å². The molecule has 2 rings (SSSR count). The minimum atomic E-state index is 0.103. The molecule has 2 aromatic carbocycles. The molecule has 1 unspecified atom stereocenters. The van der Waals surface area contributed by atoms with E-state index in [9.17, 15) is 0 Å². The smallest absolute Gasteiger partial charge is 0.160 e. The van der Waals surface area contributed by atoms with Crippen LogP contribution in [0.1, 0.15) is 30.0 Å². The fraction of sp³-hybridized carbons (Fsp3) is 0.333. The number of ether oxygens (including phenoxy) is 2. The lowest BCUT2D eigenvalue weighted by Crippen LogP contribution is -2.10. The summed E-state index contributed by atoms with van der Waals surface area (Å²) >= 11 is 0. The summed E-state index contributed by atoms with van der Waals surface area (Å²) in [4.78, 5) is 0. The number of nitrogens with two attached hydrogens (primary N) is 1. The van der Waals surface area contributed by atoms with Crippen LogP contribution < -0.4 is 15.2 Å². The molecule has 0 aliphatic rings. The second kappa shape index (κ2) is 7.70. The Bertz CT molecular complexity index is 554. The summed E-state index contributed by atoms with van der Waals surface area (Å²) in [6, 6.07) is 16.4. The average Bonchev–Trinajstić information content (AvgIpc) is 2.55. The standard InChI is InChI=1S/C18H23NO2/c1-20-17-12-11-14(13-18(17)21-2)7-6-10-16(19)15-8-4-3-5-9-15/h3-5,8-9,11-13,16H,6-7,10,19H2,1-2H3. The first-order valence-electron chi connectivity index (χ1n) is 7.26. The largest absolute Gasteiger partial charge is 0.493 e. The molecule has 0 aliphatic carbocycles. The topological polar surface area (TPSA) is 44.5 Å². The van der Waals surface area contributed by atoms with Crippen LogP contribution in [0.15, 0.2) is 48.5 Å². The SMILES string of the molecule is COc1ccc(CCCC(N)c2ccccc2)cc1OC. The predicted molar refractivity (Wildman–Crippen MR) is 85.9 cm³/mol. The number of aryl methyl sites for hydroxylation is 1.